The Balaban J connectivity index is 0. The van der Waals surface area contributed by atoms with Crippen LogP contribution in [0.3, 0.4) is 0 Å². The molecule has 0 fully saturated rings. The van der Waals surface area contributed by atoms with E-state index in [1.807, 2.05) is 44.2 Å². The fraction of sp³-hybridized carbons (Fsp3) is 0.364. The normalized spacial score (nSPS) is 9.36. The van der Waals surface area contributed by atoms with Crippen LogP contribution in [0, 0.1) is 0 Å². The summed E-state index contributed by atoms with van der Waals surface area (Å²) in [6, 6.07) is 9.59. The molecule has 0 aromatic heterocycles. The van der Waals surface area contributed by atoms with Crippen molar-refractivity contribution < 1.29 is 40.5 Å². The molecule has 0 saturated heterocycles. The Hall–Kier alpha value is -0.310. The van der Waals surface area contributed by atoms with E-state index in [9.17, 15) is 4.79 Å². The maximum Gasteiger partial charge on any atom is 1.00 e. The summed E-state index contributed by atoms with van der Waals surface area (Å²) in [5.74, 6) is -0.166. The molecule has 0 aliphatic heterocycles. The van der Waals surface area contributed by atoms with E-state index in [-0.39, 0.29) is 43.1 Å². The van der Waals surface area contributed by atoms with Gasteiger partial charge in [-0.25, -0.2) is 0 Å². The third-order valence-corrected chi connectivity index (χ3v) is 1.56. The van der Waals surface area contributed by atoms with Gasteiger partial charge in [-0.2, -0.15) is 0 Å². The Kier molecular flexibility index (Phi) is 6.89. The Bertz CT molecular complexity index is 275. The second-order valence-electron chi connectivity index (χ2n) is 3.20. The zero-order valence-corrected chi connectivity index (χ0v) is 11.0. The van der Waals surface area contributed by atoms with E-state index in [2.05, 4.69) is 0 Å². The van der Waals surface area contributed by atoms with Gasteiger partial charge in [0.1, 0.15) is 0 Å². The van der Waals surface area contributed by atoms with E-state index in [1.165, 1.54) is 0 Å². The van der Waals surface area contributed by atoms with Gasteiger partial charge < -0.3 is 6.16 Å². The minimum absolute atomic E-state index is 0. The molecule has 0 saturated carbocycles. The number of hydrogen-bond donors (Lipinski definition) is 0. The second-order valence-corrected chi connectivity index (χ2v) is 3.20. The van der Waals surface area contributed by atoms with E-state index in [1.54, 1.807) is 0 Å². The Morgan fingerprint density at radius 3 is 2.43 bits per heavy atom. The first-order chi connectivity index (χ1) is 6.18. The molecule has 1 rings (SSSR count). The van der Waals surface area contributed by atoms with Crippen molar-refractivity contribution in [2.24, 2.45) is 0 Å². The van der Waals surface area contributed by atoms with Crippen molar-refractivity contribution in [2.45, 2.75) is 26.4 Å². The van der Waals surface area contributed by atoms with Crippen LogP contribution in [0.5, 0.6) is 0 Å². The van der Waals surface area contributed by atoms with Gasteiger partial charge in [0.25, 0.3) is 0 Å². The van der Waals surface area contributed by atoms with Crippen LogP contribution >= 0.6 is 0 Å². The predicted octanol–water partition coefficient (Wildman–Crippen LogP) is -0.703. The molecule has 0 N–H and O–H groups in total. The second kappa shape index (κ2) is 7.04. The molecule has 14 heavy (non-hydrogen) atoms. The van der Waals surface area contributed by atoms with Gasteiger partial charge in [-0.05, 0) is 19.4 Å². The smallest absolute Gasteiger partial charge is 1.00 e. The monoisotopic (exact) mass is 202 g/mol. The summed E-state index contributed by atoms with van der Waals surface area (Å²) in [6.07, 6.45) is 0.329. The summed E-state index contributed by atoms with van der Waals surface area (Å²) in [6.45, 7) is 3.70. The van der Waals surface area contributed by atoms with Crippen molar-refractivity contribution in [1.29, 1.82) is 0 Å². The maximum absolute atomic E-state index is 11.2. The van der Waals surface area contributed by atoms with Crippen molar-refractivity contribution in [1.82, 2.24) is 0 Å². The molecule has 1 aromatic carbocycles. The van der Waals surface area contributed by atoms with Crippen LogP contribution in [0.4, 0.5) is 0 Å². The van der Waals surface area contributed by atoms with Gasteiger partial charge in [0.2, 0.25) is 0 Å². The molecule has 0 aliphatic rings. The largest absolute Gasteiger partial charge is 1.00 e. The maximum atomic E-state index is 11.2. The standard InChI is InChI=1S/C11H14O2.Na.H/c1-9(2)13-11(12)8-10-6-4-3-5-7-10;;/h3-7,9H,8H2,1-2H3;;/q;+1;-1. The number of hydrogen-bond acceptors (Lipinski definition) is 2. The van der Waals surface area contributed by atoms with Gasteiger partial charge in [0.05, 0.1) is 12.5 Å². The zero-order chi connectivity index (χ0) is 9.68. The molecule has 0 unspecified atom stereocenters. The average molecular weight is 202 g/mol. The molecular formula is C11H15NaO2. The molecular weight excluding hydrogens is 187 g/mol. The molecule has 1 aromatic rings. The molecule has 0 amide bonds. The summed E-state index contributed by atoms with van der Waals surface area (Å²) >= 11 is 0. The number of esters is 1. The van der Waals surface area contributed by atoms with Gasteiger partial charge in [-0.3, -0.25) is 4.79 Å². The molecule has 0 heterocycles. The van der Waals surface area contributed by atoms with Crippen molar-refractivity contribution in [3.05, 3.63) is 35.9 Å². The van der Waals surface area contributed by atoms with Crippen molar-refractivity contribution >= 4 is 5.97 Å². The molecule has 0 aliphatic carbocycles. The van der Waals surface area contributed by atoms with Crippen molar-refractivity contribution in [2.75, 3.05) is 0 Å². The summed E-state index contributed by atoms with van der Waals surface area (Å²) < 4.78 is 5.02. The summed E-state index contributed by atoms with van der Waals surface area (Å²) in [4.78, 5) is 11.2. The third-order valence-electron chi connectivity index (χ3n) is 1.56. The predicted molar refractivity (Wildman–Crippen MR) is 52.5 cm³/mol. The number of rotatable bonds is 3. The van der Waals surface area contributed by atoms with Crippen molar-refractivity contribution in [3.8, 4) is 0 Å². The number of benzene rings is 1. The Morgan fingerprint density at radius 1 is 1.36 bits per heavy atom. The van der Waals surface area contributed by atoms with Gasteiger partial charge in [-0.15, -0.1) is 0 Å². The van der Waals surface area contributed by atoms with E-state index < -0.39 is 0 Å². The van der Waals surface area contributed by atoms with Crippen LogP contribution in [-0.2, 0) is 16.0 Å². The quantitative estimate of drug-likeness (QED) is 0.478. The summed E-state index contributed by atoms with van der Waals surface area (Å²) in [5.41, 5.74) is 0.994. The minimum atomic E-state index is -0.166. The summed E-state index contributed by atoms with van der Waals surface area (Å²) in [7, 11) is 0. The Morgan fingerprint density at radius 2 is 1.93 bits per heavy atom. The molecule has 0 spiro atoms. The number of carbonyl (C=O) groups excluding carboxylic acids is 1. The zero-order valence-electron chi connectivity index (χ0n) is 9.99. The van der Waals surface area contributed by atoms with E-state index in [4.69, 9.17) is 4.74 Å². The minimum Gasteiger partial charge on any atom is -1.00 e. The number of ether oxygens (including phenoxy) is 1. The molecule has 0 atom stereocenters. The Labute approximate surface area is 108 Å². The average Bonchev–Trinajstić information content (AvgIpc) is 2.04. The topological polar surface area (TPSA) is 26.3 Å². The molecule has 2 nitrogen and oxygen atoms in total. The SMILES string of the molecule is CC(C)OC(=O)Cc1ccccc1.[H-].[Na+]. The van der Waals surface area contributed by atoms with Crippen LogP contribution in [0.25, 0.3) is 0 Å². The van der Waals surface area contributed by atoms with Crippen molar-refractivity contribution in [3.63, 3.8) is 0 Å². The van der Waals surface area contributed by atoms with Gasteiger partial charge in [0, 0.05) is 0 Å². The fourth-order valence-corrected chi connectivity index (χ4v) is 1.07. The molecule has 3 heteroatoms. The van der Waals surface area contributed by atoms with Crippen LogP contribution < -0.4 is 29.6 Å². The van der Waals surface area contributed by atoms with Gasteiger partial charge in [-0.1, -0.05) is 30.3 Å². The van der Waals surface area contributed by atoms with Crippen LogP contribution in [0.15, 0.2) is 30.3 Å². The molecule has 0 radical (unpaired) electrons. The van der Waals surface area contributed by atoms with E-state index in [0.717, 1.165) is 5.56 Å². The van der Waals surface area contributed by atoms with Crippen LogP contribution in [0.1, 0.15) is 20.8 Å². The van der Waals surface area contributed by atoms with Crippen LogP contribution in [-0.4, -0.2) is 12.1 Å². The first kappa shape index (κ1) is 13.7. The van der Waals surface area contributed by atoms with Gasteiger partial charge in [0.15, 0.2) is 0 Å². The summed E-state index contributed by atoms with van der Waals surface area (Å²) in [5, 5.41) is 0. The number of carbonyl (C=O) groups is 1. The molecule has 0 bridgehead atoms. The van der Waals surface area contributed by atoms with Crippen LogP contribution in [0.2, 0.25) is 0 Å². The first-order valence-electron chi connectivity index (χ1n) is 4.42. The van der Waals surface area contributed by atoms with E-state index in [0.29, 0.717) is 6.42 Å². The first-order valence-corrected chi connectivity index (χ1v) is 4.42. The molecule has 72 valence electrons. The van der Waals surface area contributed by atoms with Gasteiger partial charge >= 0.3 is 35.5 Å². The van der Waals surface area contributed by atoms with E-state index >= 15 is 0 Å². The third kappa shape index (κ3) is 5.43. The fourth-order valence-electron chi connectivity index (χ4n) is 1.07.